The van der Waals surface area contributed by atoms with Gasteiger partial charge >= 0.3 is 0 Å². The minimum Gasteiger partial charge on any atom is -0.394 e. The molecule has 1 unspecified atom stereocenters. The lowest BCUT2D eigenvalue weighted by atomic mass is 9.94. The van der Waals surface area contributed by atoms with Crippen LogP contribution in [-0.2, 0) is 38.0 Å². The fourth-order valence-electron chi connectivity index (χ4n) is 5.19. The van der Waals surface area contributed by atoms with E-state index in [0.29, 0.717) is 0 Å². The molecule has 0 aromatic rings. The summed E-state index contributed by atoms with van der Waals surface area (Å²) in [6, 6.07) is -2.79. The van der Waals surface area contributed by atoms with Crippen molar-refractivity contribution in [2.24, 2.45) is 0 Å². The normalized spacial score (nSPS) is 43.7. The molecule has 2 amide bonds. The number of aliphatic hydroxyl groups excluding tert-OH is 9. The maximum absolute atomic E-state index is 12.2. The molecule has 0 radical (unpaired) electrons. The van der Waals surface area contributed by atoms with Crippen LogP contribution < -0.4 is 10.6 Å². The van der Waals surface area contributed by atoms with Crippen molar-refractivity contribution in [3.8, 4) is 0 Å². The standard InChI is InChI=1S/C25H44N2O17/c1-8-16(34)19(37)20(38)25(40-8)44-22-15(27-10(3)32)24(41-12(5-29)17(22)35)43-21-13(6-30)42-23(39-7-11(33)4-28)14(18(21)36)26-9(2)31/h8,11-25,28-30,33-38H,4-7H2,1-3H3,(H,26,31)(H,27,32)/t8-,11?,12+,13+,14+,15+,16+,17-,18+,19+,20-,21-,22+,23-,24-,25-/m0/s1. The highest BCUT2D eigenvalue weighted by molar-refractivity contribution is 5.73. The molecule has 0 aromatic heterocycles. The highest BCUT2D eigenvalue weighted by Crippen LogP contribution is 2.33. The molecular weight excluding hydrogens is 600 g/mol. The topological polar surface area (TPSA) is 296 Å². The molecular formula is C25H44N2O17. The van der Waals surface area contributed by atoms with Gasteiger partial charge in [0.15, 0.2) is 18.9 Å². The summed E-state index contributed by atoms with van der Waals surface area (Å²) in [5.41, 5.74) is 0. The minimum atomic E-state index is -1.80. The third-order valence-electron chi connectivity index (χ3n) is 7.50. The van der Waals surface area contributed by atoms with Gasteiger partial charge in [-0.3, -0.25) is 9.59 Å². The average Bonchev–Trinajstić information content (AvgIpc) is 2.98. The van der Waals surface area contributed by atoms with Crippen LogP contribution in [0.4, 0.5) is 0 Å². The second kappa shape index (κ2) is 16.3. The van der Waals surface area contributed by atoms with Gasteiger partial charge in [-0.15, -0.1) is 0 Å². The number of hydrogen-bond acceptors (Lipinski definition) is 17. The van der Waals surface area contributed by atoms with Gasteiger partial charge < -0.3 is 85.0 Å². The number of carbonyl (C=O) groups is 2. The van der Waals surface area contributed by atoms with Crippen LogP contribution in [0.25, 0.3) is 0 Å². The summed E-state index contributed by atoms with van der Waals surface area (Å²) in [5, 5.41) is 96.8. The van der Waals surface area contributed by atoms with Gasteiger partial charge in [-0.05, 0) is 6.92 Å². The molecule has 0 saturated carbocycles. The lowest BCUT2D eigenvalue weighted by Gasteiger charge is -2.50. The Morgan fingerprint density at radius 3 is 1.84 bits per heavy atom. The van der Waals surface area contributed by atoms with E-state index < -0.39 is 136 Å². The first-order valence-electron chi connectivity index (χ1n) is 14.1. The summed E-state index contributed by atoms with van der Waals surface area (Å²) in [5.74, 6) is -1.29. The van der Waals surface area contributed by atoms with Crippen molar-refractivity contribution in [2.45, 2.75) is 119 Å². The molecule has 0 spiro atoms. The van der Waals surface area contributed by atoms with Crippen molar-refractivity contribution in [2.75, 3.05) is 26.4 Å². The second-order valence-corrected chi connectivity index (χ2v) is 10.9. The Morgan fingerprint density at radius 1 is 0.705 bits per heavy atom. The van der Waals surface area contributed by atoms with Crippen molar-refractivity contribution < 1.29 is 84.0 Å². The molecule has 16 atom stereocenters. The van der Waals surface area contributed by atoms with Crippen molar-refractivity contribution in [3.63, 3.8) is 0 Å². The third-order valence-corrected chi connectivity index (χ3v) is 7.50. The minimum absolute atomic E-state index is 0.460. The zero-order valence-electron chi connectivity index (χ0n) is 24.4. The first kappa shape index (κ1) is 36.8. The van der Waals surface area contributed by atoms with Crippen molar-refractivity contribution in [1.82, 2.24) is 10.6 Å². The average molecular weight is 645 g/mol. The van der Waals surface area contributed by atoms with E-state index in [1.165, 1.54) is 6.92 Å². The first-order chi connectivity index (χ1) is 20.7. The SMILES string of the molecule is CC(=O)N[C@H]1[C@@H](OCC(O)CO)O[C@H](CO)[C@H](O[C@@H]2O[C@H](CO)[C@H](O)[C@H](O[C@@H]3O[C@@H](C)[C@@H](O)[C@@H](O)[C@@H]3O)[C@H]2NC(C)=O)[C@@H]1O. The number of nitrogens with one attached hydrogen (secondary N) is 2. The van der Waals surface area contributed by atoms with E-state index in [1.54, 1.807) is 0 Å². The third kappa shape index (κ3) is 8.57. The molecule has 44 heavy (non-hydrogen) atoms. The fourth-order valence-corrected chi connectivity index (χ4v) is 5.19. The van der Waals surface area contributed by atoms with Crippen LogP contribution in [0.2, 0.25) is 0 Å². The number of carbonyl (C=O) groups excluding carboxylic acids is 2. The molecule has 0 aromatic carbocycles. The Morgan fingerprint density at radius 2 is 1.27 bits per heavy atom. The Balaban J connectivity index is 1.91. The second-order valence-electron chi connectivity index (χ2n) is 10.9. The molecule has 3 aliphatic rings. The van der Waals surface area contributed by atoms with E-state index >= 15 is 0 Å². The monoisotopic (exact) mass is 644 g/mol. The summed E-state index contributed by atoms with van der Waals surface area (Å²) >= 11 is 0. The van der Waals surface area contributed by atoms with Crippen molar-refractivity contribution >= 4 is 11.8 Å². The van der Waals surface area contributed by atoms with E-state index in [9.17, 15) is 50.4 Å². The van der Waals surface area contributed by atoms with Gasteiger partial charge in [-0.1, -0.05) is 0 Å². The fraction of sp³-hybridized carbons (Fsp3) is 0.920. The van der Waals surface area contributed by atoms with Gasteiger partial charge in [0.05, 0.1) is 32.5 Å². The largest absolute Gasteiger partial charge is 0.394 e. The van der Waals surface area contributed by atoms with Gasteiger partial charge in [0.1, 0.15) is 73.1 Å². The number of hydrogen-bond donors (Lipinski definition) is 11. The summed E-state index contributed by atoms with van der Waals surface area (Å²) in [4.78, 5) is 24.2. The van der Waals surface area contributed by atoms with Gasteiger partial charge in [0.2, 0.25) is 11.8 Å². The highest BCUT2D eigenvalue weighted by atomic mass is 16.7. The van der Waals surface area contributed by atoms with Gasteiger partial charge in [0, 0.05) is 13.8 Å². The molecule has 3 heterocycles. The van der Waals surface area contributed by atoms with E-state index in [0.717, 1.165) is 13.8 Å². The predicted octanol–water partition coefficient (Wildman–Crippen LogP) is -6.88. The molecule has 19 nitrogen and oxygen atoms in total. The Kier molecular flexibility index (Phi) is 13.6. The van der Waals surface area contributed by atoms with E-state index in [2.05, 4.69) is 10.6 Å². The maximum Gasteiger partial charge on any atom is 0.217 e. The van der Waals surface area contributed by atoms with Gasteiger partial charge in [0.25, 0.3) is 0 Å². The summed E-state index contributed by atoms with van der Waals surface area (Å²) in [6.07, 6.45) is -21.3. The van der Waals surface area contributed by atoms with Crippen LogP contribution in [0.5, 0.6) is 0 Å². The molecule has 3 rings (SSSR count). The van der Waals surface area contributed by atoms with Crippen LogP contribution in [0.3, 0.4) is 0 Å². The molecule has 0 aliphatic carbocycles. The number of ether oxygens (including phenoxy) is 6. The quantitative estimate of drug-likeness (QED) is 0.0940. The molecule has 19 heteroatoms. The van der Waals surface area contributed by atoms with Gasteiger partial charge in [-0.25, -0.2) is 0 Å². The molecule has 3 saturated heterocycles. The first-order valence-corrected chi connectivity index (χ1v) is 14.1. The van der Waals surface area contributed by atoms with E-state index in [4.69, 9.17) is 33.5 Å². The van der Waals surface area contributed by atoms with Crippen LogP contribution in [-0.4, -0.2) is 182 Å². The number of aliphatic hydroxyl groups is 9. The van der Waals surface area contributed by atoms with Gasteiger partial charge in [-0.2, -0.15) is 0 Å². The van der Waals surface area contributed by atoms with Crippen LogP contribution in [0.1, 0.15) is 20.8 Å². The predicted molar refractivity (Wildman–Crippen MR) is 140 cm³/mol. The highest BCUT2D eigenvalue weighted by Gasteiger charge is 2.54. The molecule has 256 valence electrons. The molecule has 3 aliphatic heterocycles. The summed E-state index contributed by atoms with van der Waals surface area (Å²) < 4.78 is 34.1. The van der Waals surface area contributed by atoms with E-state index in [1.807, 2.05) is 0 Å². The Hall–Kier alpha value is -1.66. The van der Waals surface area contributed by atoms with Crippen LogP contribution in [0, 0.1) is 0 Å². The lowest BCUT2D eigenvalue weighted by molar-refractivity contribution is -0.358. The number of amides is 2. The Labute approximate surface area is 252 Å². The van der Waals surface area contributed by atoms with Crippen molar-refractivity contribution in [1.29, 1.82) is 0 Å². The zero-order chi connectivity index (χ0) is 32.9. The van der Waals surface area contributed by atoms with E-state index in [-0.39, 0.29) is 0 Å². The molecule has 0 bridgehead atoms. The summed E-state index contributed by atoms with van der Waals surface area (Å²) in [6.45, 7) is 0.976. The molecule has 3 fully saturated rings. The Bertz CT molecular complexity index is 933. The summed E-state index contributed by atoms with van der Waals surface area (Å²) in [7, 11) is 0. The smallest absolute Gasteiger partial charge is 0.217 e. The zero-order valence-corrected chi connectivity index (χ0v) is 24.4. The van der Waals surface area contributed by atoms with Crippen molar-refractivity contribution in [3.05, 3.63) is 0 Å². The van der Waals surface area contributed by atoms with Crippen LogP contribution in [0.15, 0.2) is 0 Å². The maximum atomic E-state index is 12.2. The van der Waals surface area contributed by atoms with Crippen LogP contribution >= 0.6 is 0 Å². The number of rotatable bonds is 12. The molecule has 11 N–H and O–H groups in total. The lowest BCUT2D eigenvalue weighted by Crippen LogP contribution is -2.70.